The number of piperazine rings is 1. The lowest BCUT2D eigenvalue weighted by atomic mass is 9.97. The van der Waals surface area contributed by atoms with Crippen LogP contribution in [-0.2, 0) is 0 Å². The quantitative estimate of drug-likeness (QED) is 0.924. The van der Waals surface area contributed by atoms with E-state index in [1.165, 1.54) is 63.7 Å². The Labute approximate surface area is 126 Å². The molecule has 0 spiro atoms. The van der Waals surface area contributed by atoms with E-state index in [0.717, 1.165) is 5.92 Å². The van der Waals surface area contributed by atoms with Gasteiger partial charge >= 0.3 is 0 Å². The fraction of sp³-hybridized carbons (Fsp3) is 0.714. The first-order valence-corrected chi connectivity index (χ1v) is 8.01. The summed E-state index contributed by atoms with van der Waals surface area (Å²) in [5, 5.41) is 7.07. The van der Waals surface area contributed by atoms with E-state index < -0.39 is 0 Å². The zero-order valence-corrected chi connectivity index (χ0v) is 13.0. The highest BCUT2D eigenvalue weighted by Gasteiger charge is 2.21. The molecule has 5 heteroatoms. The van der Waals surface area contributed by atoms with Crippen molar-refractivity contribution in [2.24, 2.45) is 5.92 Å². The zero-order chi connectivity index (χ0) is 12.2. The van der Waals surface area contributed by atoms with Crippen molar-refractivity contribution in [1.82, 2.24) is 10.2 Å². The molecule has 1 aromatic heterocycles. The van der Waals surface area contributed by atoms with E-state index in [-0.39, 0.29) is 12.4 Å². The summed E-state index contributed by atoms with van der Waals surface area (Å²) in [6.45, 7) is 8.64. The summed E-state index contributed by atoms with van der Waals surface area (Å²) in [4.78, 5) is 5.20. The SMILES string of the molecule is Cl.c1csc(N2CCN(CC3CCNCC3)CC2)c1. The Morgan fingerprint density at radius 3 is 2.53 bits per heavy atom. The smallest absolute Gasteiger partial charge is 0.0909 e. The minimum absolute atomic E-state index is 0. The van der Waals surface area contributed by atoms with Crippen LogP contribution in [0.15, 0.2) is 17.5 Å². The Kier molecular flexibility index (Phi) is 5.95. The van der Waals surface area contributed by atoms with Crippen molar-refractivity contribution in [3.63, 3.8) is 0 Å². The second-order valence-corrected chi connectivity index (χ2v) is 6.36. The Bertz CT molecular complexity index is 344. The molecular formula is C14H24ClN3S. The summed E-state index contributed by atoms with van der Waals surface area (Å²) in [7, 11) is 0. The van der Waals surface area contributed by atoms with Gasteiger partial charge in [0.25, 0.3) is 0 Å². The minimum atomic E-state index is 0. The van der Waals surface area contributed by atoms with Crippen molar-refractivity contribution in [3.8, 4) is 0 Å². The molecule has 108 valence electrons. The third-order valence-corrected chi connectivity index (χ3v) is 5.09. The van der Waals surface area contributed by atoms with Crippen molar-refractivity contribution in [1.29, 1.82) is 0 Å². The Hall–Kier alpha value is -0.290. The molecule has 19 heavy (non-hydrogen) atoms. The maximum atomic E-state index is 3.45. The predicted octanol–water partition coefficient (Wildman–Crippen LogP) is 2.29. The fourth-order valence-electron chi connectivity index (χ4n) is 3.03. The van der Waals surface area contributed by atoms with Crippen LogP contribution in [0.25, 0.3) is 0 Å². The van der Waals surface area contributed by atoms with E-state index in [1.807, 2.05) is 11.3 Å². The van der Waals surface area contributed by atoms with Gasteiger partial charge in [-0.15, -0.1) is 23.7 Å². The molecule has 0 bridgehead atoms. The standard InChI is InChI=1S/C14H23N3S.ClH/c1-2-14(18-11-1)17-9-7-16(8-10-17)12-13-3-5-15-6-4-13;/h1-2,11,13,15H,3-10,12H2;1H. The van der Waals surface area contributed by atoms with Crippen LogP contribution < -0.4 is 10.2 Å². The van der Waals surface area contributed by atoms with Crippen LogP contribution in [0, 0.1) is 5.92 Å². The third-order valence-electron chi connectivity index (χ3n) is 4.17. The molecule has 2 aliphatic rings. The van der Waals surface area contributed by atoms with Crippen molar-refractivity contribution in [2.45, 2.75) is 12.8 Å². The third kappa shape index (κ3) is 4.09. The molecule has 1 N–H and O–H groups in total. The fourth-order valence-corrected chi connectivity index (χ4v) is 3.82. The molecule has 2 saturated heterocycles. The normalized spacial score (nSPS) is 22.2. The number of anilines is 1. The maximum Gasteiger partial charge on any atom is 0.0909 e. The molecule has 0 unspecified atom stereocenters. The zero-order valence-electron chi connectivity index (χ0n) is 11.4. The minimum Gasteiger partial charge on any atom is -0.361 e. The number of piperidine rings is 1. The van der Waals surface area contributed by atoms with Gasteiger partial charge in [-0.2, -0.15) is 0 Å². The van der Waals surface area contributed by atoms with Gasteiger partial charge in [0.15, 0.2) is 0 Å². The van der Waals surface area contributed by atoms with E-state index in [9.17, 15) is 0 Å². The lowest BCUT2D eigenvalue weighted by Crippen LogP contribution is -2.48. The number of hydrogen-bond acceptors (Lipinski definition) is 4. The summed E-state index contributed by atoms with van der Waals surface area (Å²) in [5.41, 5.74) is 0. The van der Waals surface area contributed by atoms with Crippen LogP contribution >= 0.6 is 23.7 Å². The molecule has 0 radical (unpaired) electrons. The molecule has 0 atom stereocenters. The number of rotatable bonds is 3. The molecule has 3 heterocycles. The molecule has 3 rings (SSSR count). The predicted molar refractivity (Wildman–Crippen MR) is 85.8 cm³/mol. The summed E-state index contributed by atoms with van der Waals surface area (Å²) >= 11 is 1.87. The van der Waals surface area contributed by atoms with Crippen molar-refractivity contribution in [2.75, 3.05) is 50.7 Å². The van der Waals surface area contributed by atoms with Gasteiger partial charge in [-0.25, -0.2) is 0 Å². The Morgan fingerprint density at radius 1 is 1.16 bits per heavy atom. The van der Waals surface area contributed by atoms with Crippen LogP contribution in [0.2, 0.25) is 0 Å². The first-order chi connectivity index (χ1) is 8.92. The summed E-state index contributed by atoms with van der Waals surface area (Å²) < 4.78 is 0. The van der Waals surface area contributed by atoms with E-state index >= 15 is 0 Å². The average molecular weight is 302 g/mol. The number of nitrogens with zero attached hydrogens (tertiary/aromatic N) is 2. The highest BCUT2D eigenvalue weighted by Crippen LogP contribution is 2.23. The Morgan fingerprint density at radius 2 is 1.89 bits per heavy atom. The monoisotopic (exact) mass is 301 g/mol. The molecule has 0 aliphatic carbocycles. The van der Waals surface area contributed by atoms with Crippen molar-refractivity contribution >= 4 is 28.7 Å². The van der Waals surface area contributed by atoms with Gasteiger partial charge in [-0.05, 0) is 49.4 Å². The molecule has 0 aromatic carbocycles. The average Bonchev–Trinajstić information content (AvgIpc) is 2.95. The van der Waals surface area contributed by atoms with Gasteiger partial charge in [0.1, 0.15) is 0 Å². The highest BCUT2D eigenvalue weighted by molar-refractivity contribution is 7.14. The van der Waals surface area contributed by atoms with Crippen LogP contribution in [-0.4, -0.2) is 50.7 Å². The maximum absolute atomic E-state index is 3.45. The van der Waals surface area contributed by atoms with E-state index in [1.54, 1.807) is 0 Å². The highest BCUT2D eigenvalue weighted by atomic mass is 35.5. The summed E-state index contributed by atoms with van der Waals surface area (Å²) in [5.74, 6) is 0.930. The summed E-state index contributed by atoms with van der Waals surface area (Å²) in [6, 6.07) is 4.40. The van der Waals surface area contributed by atoms with E-state index in [2.05, 4.69) is 32.6 Å². The molecule has 3 nitrogen and oxygen atoms in total. The molecule has 2 fully saturated rings. The van der Waals surface area contributed by atoms with Crippen molar-refractivity contribution < 1.29 is 0 Å². The van der Waals surface area contributed by atoms with E-state index in [0.29, 0.717) is 0 Å². The number of hydrogen-bond donors (Lipinski definition) is 1. The van der Waals surface area contributed by atoms with Gasteiger partial charge in [0.2, 0.25) is 0 Å². The van der Waals surface area contributed by atoms with Gasteiger partial charge in [-0.3, -0.25) is 4.90 Å². The number of thiophene rings is 1. The topological polar surface area (TPSA) is 18.5 Å². The van der Waals surface area contributed by atoms with Gasteiger partial charge in [-0.1, -0.05) is 0 Å². The molecule has 2 aliphatic heterocycles. The van der Waals surface area contributed by atoms with Gasteiger partial charge in [0.05, 0.1) is 5.00 Å². The first-order valence-electron chi connectivity index (χ1n) is 7.13. The van der Waals surface area contributed by atoms with Crippen LogP contribution in [0.1, 0.15) is 12.8 Å². The van der Waals surface area contributed by atoms with E-state index in [4.69, 9.17) is 0 Å². The molecule has 1 aromatic rings. The molecule has 0 amide bonds. The van der Waals surface area contributed by atoms with Gasteiger partial charge < -0.3 is 10.2 Å². The largest absolute Gasteiger partial charge is 0.361 e. The molecule has 0 saturated carbocycles. The lowest BCUT2D eigenvalue weighted by Gasteiger charge is -2.37. The number of halogens is 1. The Balaban J connectivity index is 0.00000133. The van der Waals surface area contributed by atoms with Crippen LogP contribution in [0.5, 0.6) is 0 Å². The lowest BCUT2D eigenvalue weighted by molar-refractivity contribution is 0.196. The summed E-state index contributed by atoms with van der Waals surface area (Å²) in [6.07, 6.45) is 2.73. The van der Waals surface area contributed by atoms with Crippen LogP contribution in [0.4, 0.5) is 5.00 Å². The van der Waals surface area contributed by atoms with Gasteiger partial charge in [0, 0.05) is 32.7 Å². The van der Waals surface area contributed by atoms with Crippen molar-refractivity contribution in [3.05, 3.63) is 17.5 Å². The second-order valence-electron chi connectivity index (χ2n) is 5.43. The first kappa shape index (κ1) is 15.1. The number of nitrogens with one attached hydrogen (secondary N) is 1. The van der Waals surface area contributed by atoms with Crippen LogP contribution in [0.3, 0.4) is 0 Å². The molecular weight excluding hydrogens is 278 g/mol. The second kappa shape index (κ2) is 7.48.